The van der Waals surface area contributed by atoms with Gasteiger partial charge >= 0.3 is 0 Å². The minimum absolute atomic E-state index is 0.383. The van der Waals surface area contributed by atoms with Gasteiger partial charge in [0, 0.05) is 5.56 Å². The zero-order chi connectivity index (χ0) is 16.9. The van der Waals surface area contributed by atoms with E-state index in [9.17, 15) is 0 Å². The Labute approximate surface area is 135 Å². The summed E-state index contributed by atoms with van der Waals surface area (Å²) in [7, 11) is 0. The van der Waals surface area contributed by atoms with Crippen molar-refractivity contribution < 1.29 is 4.74 Å². The maximum atomic E-state index is 9.12. The zero-order valence-corrected chi connectivity index (χ0v) is 15.0. The Morgan fingerprint density at radius 2 is 1.55 bits per heavy atom. The lowest BCUT2D eigenvalue weighted by atomic mass is 9.83. The Kier molecular flexibility index (Phi) is 6.68. The van der Waals surface area contributed by atoms with Crippen molar-refractivity contribution in [1.29, 1.82) is 5.26 Å². The summed E-state index contributed by atoms with van der Waals surface area (Å²) in [6.07, 6.45) is 1.53. The Bertz CT molecular complexity index is 545. The highest BCUT2D eigenvalue weighted by atomic mass is 16.5. The number of allylic oxidation sites excluding steroid dienone is 1. The molecule has 0 aliphatic heterocycles. The lowest BCUT2D eigenvalue weighted by molar-refractivity contribution is 0.297. The molecule has 0 bridgehead atoms. The molecule has 1 aromatic carbocycles. The number of hydrogen-bond acceptors (Lipinski definition) is 2. The molecule has 0 aromatic heterocycles. The molecule has 2 nitrogen and oxygen atoms in total. The van der Waals surface area contributed by atoms with Crippen LogP contribution >= 0.6 is 0 Å². The van der Waals surface area contributed by atoms with E-state index in [1.165, 1.54) is 22.8 Å². The molecule has 120 valence electrons. The summed E-state index contributed by atoms with van der Waals surface area (Å²) in [6, 6.07) is 6.69. The molecule has 1 aromatic rings. The smallest absolute Gasteiger partial charge is 0.137 e. The minimum atomic E-state index is 0.383. The summed E-state index contributed by atoms with van der Waals surface area (Å²) in [5.74, 6) is 1.95. The van der Waals surface area contributed by atoms with Crippen LogP contribution in [0.4, 0.5) is 0 Å². The fourth-order valence-corrected chi connectivity index (χ4v) is 2.64. The van der Waals surface area contributed by atoms with Crippen LogP contribution in [0.1, 0.15) is 88.5 Å². The summed E-state index contributed by atoms with van der Waals surface area (Å²) >= 11 is 0. The van der Waals surface area contributed by atoms with Crippen molar-refractivity contribution >= 4 is 5.76 Å². The van der Waals surface area contributed by atoms with E-state index in [1.54, 1.807) is 0 Å². The third kappa shape index (κ3) is 4.13. The first-order chi connectivity index (χ1) is 10.3. The highest BCUT2D eigenvalue weighted by Gasteiger charge is 2.20. The molecular weight excluding hydrogens is 270 g/mol. The van der Waals surface area contributed by atoms with Crippen LogP contribution < -0.4 is 0 Å². The molecule has 0 saturated heterocycles. The van der Waals surface area contributed by atoms with E-state index in [4.69, 9.17) is 10.00 Å². The molecular formula is C20H29NO. The molecule has 0 radical (unpaired) electrons. The lowest BCUT2D eigenvalue weighted by Gasteiger charge is -2.24. The van der Waals surface area contributed by atoms with Gasteiger partial charge in [-0.2, -0.15) is 5.26 Å². The molecule has 0 N–H and O–H groups in total. The normalized spacial score (nSPS) is 12.1. The van der Waals surface area contributed by atoms with E-state index < -0.39 is 0 Å². The topological polar surface area (TPSA) is 33.0 Å². The molecule has 0 saturated carbocycles. The van der Waals surface area contributed by atoms with E-state index in [2.05, 4.69) is 59.7 Å². The van der Waals surface area contributed by atoms with E-state index in [-0.39, 0.29) is 0 Å². The first-order valence-corrected chi connectivity index (χ1v) is 8.24. The maximum Gasteiger partial charge on any atom is 0.137 e. The van der Waals surface area contributed by atoms with Gasteiger partial charge < -0.3 is 4.74 Å². The Balaban J connectivity index is 3.71. The van der Waals surface area contributed by atoms with Gasteiger partial charge in [-0.1, -0.05) is 53.7 Å². The van der Waals surface area contributed by atoms with Crippen molar-refractivity contribution in [3.63, 3.8) is 0 Å². The fraction of sp³-hybridized carbons (Fsp3) is 0.550. The van der Waals surface area contributed by atoms with Crippen molar-refractivity contribution in [2.75, 3.05) is 6.61 Å². The third-order valence-electron chi connectivity index (χ3n) is 3.87. The van der Waals surface area contributed by atoms with Crippen LogP contribution in [-0.2, 0) is 4.74 Å². The van der Waals surface area contributed by atoms with Crippen LogP contribution in [0.25, 0.3) is 5.76 Å². The molecule has 0 aliphatic carbocycles. The average Bonchev–Trinajstić information content (AvgIpc) is 2.45. The van der Waals surface area contributed by atoms with Gasteiger partial charge in [0.25, 0.3) is 0 Å². The van der Waals surface area contributed by atoms with Crippen molar-refractivity contribution in [3.8, 4) is 6.07 Å². The van der Waals surface area contributed by atoms with Crippen LogP contribution in [0.2, 0.25) is 0 Å². The molecule has 0 atom stereocenters. The second kappa shape index (κ2) is 8.03. The fourth-order valence-electron chi connectivity index (χ4n) is 2.64. The predicted molar refractivity (Wildman–Crippen MR) is 93.9 cm³/mol. The van der Waals surface area contributed by atoms with Crippen molar-refractivity contribution in [2.24, 2.45) is 0 Å². The van der Waals surface area contributed by atoms with Crippen molar-refractivity contribution in [1.82, 2.24) is 0 Å². The Morgan fingerprint density at radius 1 is 1.05 bits per heavy atom. The first-order valence-electron chi connectivity index (χ1n) is 8.24. The highest BCUT2D eigenvalue weighted by Crippen LogP contribution is 2.36. The van der Waals surface area contributed by atoms with Crippen molar-refractivity contribution in [3.05, 3.63) is 40.5 Å². The maximum absolute atomic E-state index is 9.12. The first kappa shape index (κ1) is 18.3. The van der Waals surface area contributed by atoms with Crippen LogP contribution in [-0.4, -0.2) is 6.61 Å². The summed E-state index contributed by atoms with van der Waals surface area (Å²) in [5.41, 5.74) is 5.00. The Hall–Kier alpha value is -1.75. The van der Waals surface area contributed by atoms with Gasteiger partial charge in [0.2, 0.25) is 0 Å². The summed E-state index contributed by atoms with van der Waals surface area (Å²) in [5, 5.41) is 9.12. The number of hydrogen-bond donors (Lipinski definition) is 0. The largest absolute Gasteiger partial charge is 0.492 e. The number of rotatable bonds is 6. The van der Waals surface area contributed by atoms with Gasteiger partial charge in [-0.05, 0) is 41.4 Å². The van der Waals surface area contributed by atoms with Gasteiger partial charge in [0.15, 0.2) is 0 Å². The lowest BCUT2D eigenvalue weighted by Crippen LogP contribution is -2.08. The van der Waals surface area contributed by atoms with Crippen molar-refractivity contribution in [2.45, 2.75) is 66.2 Å². The Morgan fingerprint density at radius 3 is 1.86 bits per heavy atom. The van der Waals surface area contributed by atoms with E-state index in [0.29, 0.717) is 30.1 Å². The summed E-state index contributed by atoms with van der Waals surface area (Å²) < 4.78 is 5.79. The summed E-state index contributed by atoms with van der Waals surface area (Å²) in [4.78, 5) is 0. The van der Waals surface area contributed by atoms with Gasteiger partial charge in [-0.25, -0.2) is 0 Å². The number of benzene rings is 1. The molecule has 0 unspecified atom stereocenters. The average molecular weight is 299 g/mol. The highest BCUT2D eigenvalue weighted by molar-refractivity contribution is 5.70. The van der Waals surface area contributed by atoms with E-state index in [1.807, 2.05) is 6.92 Å². The molecule has 0 amide bonds. The zero-order valence-electron chi connectivity index (χ0n) is 15.0. The minimum Gasteiger partial charge on any atom is -0.492 e. The second-order valence-electron chi connectivity index (χ2n) is 6.61. The van der Waals surface area contributed by atoms with E-state index in [0.717, 1.165) is 5.56 Å². The SMILES string of the molecule is CCO/C(=C/C#N)c1c(C(C)C)cc(C(C)C)cc1C(C)C. The van der Waals surface area contributed by atoms with Gasteiger partial charge in [0.05, 0.1) is 18.8 Å². The van der Waals surface area contributed by atoms with Gasteiger partial charge in [0.1, 0.15) is 5.76 Å². The third-order valence-corrected chi connectivity index (χ3v) is 3.87. The molecule has 0 spiro atoms. The van der Waals surface area contributed by atoms with Crippen LogP contribution in [0.5, 0.6) is 0 Å². The molecule has 0 aliphatic rings. The van der Waals surface area contributed by atoms with Crippen LogP contribution in [0.3, 0.4) is 0 Å². The number of ether oxygens (including phenoxy) is 1. The van der Waals surface area contributed by atoms with Gasteiger partial charge in [-0.3, -0.25) is 0 Å². The second-order valence-corrected chi connectivity index (χ2v) is 6.61. The molecule has 0 fully saturated rings. The standard InChI is InChI=1S/C20H29NO/c1-8-22-19(9-10-21)20-17(14(4)5)11-16(13(2)3)12-18(20)15(6)7/h9,11-15H,8H2,1-7H3/b19-9+. The summed E-state index contributed by atoms with van der Waals surface area (Å²) in [6.45, 7) is 15.7. The van der Waals surface area contributed by atoms with Gasteiger partial charge in [-0.15, -0.1) is 0 Å². The molecule has 0 heterocycles. The number of nitriles is 1. The quantitative estimate of drug-likeness (QED) is 0.479. The predicted octanol–water partition coefficient (Wildman–Crippen LogP) is 5.96. The molecule has 22 heavy (non-hydrogen) atoms. The molecule has 1 rings (SSSR count). The monoisotopic (exact) mass is 299 g/mol. The molecule has 2 heteroatoms. The van der Waals surface area contributed by atoms with E-state index >= 15 is 0 Å². The number of nitrogens with zero attached hydrogens (tertiary/aromatic N) is 1. The van der Waals surface area contributed by atoms with Crippen LogP contribution in [0.15, 0.2) is 18.2 Å². The van der Waals surface area contributed by atoms with Crippen LogP contribution in [0, 0.1) is 11.3 Å².